The highest BCUT2D eigenvalue weighted by Gasteiger charge is 2.02. The van der Waals surface area contributed by atoms with E-state index in [4.69, 9.17) is 0 Å². The molecule has 0 aliphatic rings. The number of halogens is 2. The van der Waals surface area contributed by atoms with Crippen LogP contribution in [0.4, 0.5) is 4.39 Å². The normalized spacial score (nSPS) is 10.5. The molecular weight excluding hydrogens is 221 g/mol. The molecule has 2 aromatic rings. The Morgan fingerprint density at radius 1 is 1.25 bits per heavy atom. The molecule has 0 spiro atoms. The van der Waals surface area contributed by atoms with Crippen molar-refractivity contribution in [2.24, 2.45) is 0 Å². The summed E-state index contributed by atoms with van der Waals surface area (Å²) in [6.45, 7) is 0. The Morgan fingerprint density at radius 3 is 2.92 bits per heavy atom. The number of rotatable bonds is 0. The number of benzene rings is 1. The van der Waals surface area contributed by atoms with E-state index in [0.29, 0.717) is 4.47 Å². The summed E-state index contributed by atoms with van der Waals surface area (Å²) >= 11 is 3.17. The molecular formula is C9H5BrFN. The van der Waals surface area contributed by atoms with Crippen LogP contribution in [0.5, 0.6) is 0 Å². The number of hydrogen-bond donors (Lipinski definition) is 0. The van der Waals surface area contributed by atoms with Crippen molar-refractivity contribution < 1.29 is 4.39 Å². The maximum absolute atomic E-state index is 13.0. The molecule has 0 unspecified atom stereocenters. The van der Waals surface area contributed by atoms with Crippen molar-refractivity contribution in [2.45, 2.75) is 0 Å². The van der Waals surface area contributed by atoms with E-state index in [1.54, 1.807) is 18.5 Å². The fourth-order valence-electron chi connectivity index (χ4n) is 1.10. The van der Waals surface area contributed by atoms with Crippen molar-refractivity contribution in [1.29, 1.82) is 0 Å². The van der Waals surface area contributed by atoms with Crippen LogP contribution in [0.15, 0.2) is 35.1 Å². The van der Waals surface area contributed by atoms with Crippen LogP contribution in [0.3, 0.4) is 0 Å². The summed E-state index contributed by atoms with van der Waals surface area (Å²) in [6, 6.07) is 5.02. The average molecular weight is 226 g/mol. The van der Waals surface area contributed by atoms with Gasteiger partial charge in [0.2, 0.25) is 0 Å². The molecule has 60 valence electrons. The van der Waals surface area contributed by atoms with Crippen molar-refractivity contribution in [2.75, 3.05) is 0 Å². The minimum Gasteiger partial charge on any atom is -0.264 e. The molecule has 1 heterocycles. The van der Waals surface area contributed by atoms with E-state index in [0.717, 1.165) is 10.8 Å². The number of aromatic nitrogens is 1. The third-order valence-electron chi connectivity index (χ3n) is 1.71. The molecule has 0 saturated heterocycles. The molecule has 0 aliphatic heterocycles. The van der Waals surface area contributed by atoms with Crippen LogP contribution in [0.25, 0.3) is 10.8 Å². The summed E-state index contributed by atoms with van der Waals surface area (Å²) in [7, 11) is 0. The van der Waals surface area contributed by atoms with Gasteiger partial charge >= 0.3 is 0 Å². The Morgan fingerprint density at radius 2 is 2.08 bits per heavy atom. The summed E-state index contributed by atoms with van der Waals surface area (Å²) in [5.74, 6) is -0.254. The predicted octanol–water partition coefficient (Wildman–Crippen LogP) is 3.14. The largest absolute Gasteiger partial charge is 0.264 e. The first-order valence-electron chi connectivity index (χ1n) is 3.47. The Bertz CT molecular complexity index is 428. The van der Waals surface area contributed by atoms with Gasteiger partial charge in [-0.25, -0.2) is 4.39 Å². The minimum atomic E-state index is -0.254. The standard InChI is InChI=1S/C9H5BrFN/c10-9-7-5-12-4-3-6(7)1-2-8(9)11/h1-5H. The van der Waals surface area contributed by atoms with Gasteiger partial charge in [-0.1, -0.05) is 6.07 Å². The summed E-state index contributed by atoms with van der Waals surface area (Å²) in [5.41, 5.74) is 0. The highest BCUT2D eigenvalue weighted by molar-refractivity contribution is 9.10. The predicted molar refractivity (Wildman–Crippen MR) is 49.4 cm³/mol. The van der Waals surface area contributed by atoms with Gasteiger partial charge in [0, 0.05) is 17.8 Å². The van der Waals surface area contributed by atoms with Crippen molar-refractivity contribution in [3.8, 4) is 0 Å². The Hall–Kier alpha value is -0.960. The number of hydrogen-bond acceptors (Lipinski definition) is 1. The maximum Gasteiger partial charge on any atom is 0.138 e. The molecule has 1 aromatic carbocycles. The lowest BCUT2D eigenvalue weighted by Gasteiger charge is -1.99. The molecule has 1 aromatic heterocycles. The molecule has 0 N–H and O–H groups in total. The zero-order valence-corrected chi connectivity index (χ0v) is 7.68. The molecule has 3 heteroatoms. The van der Waals surface area contributed by atoms with Crippen molar-refractivity contribution in [3.63, 3.8) is 0 Å². The summed E-state index contributed by atoms with van der Waals surface area (Å²) < 4.78 is 13.5. The summed E-state index contributed by atoms with van der Waals surface area (Å²) in [4.78, 5) is 3.92. The number of fused-ring (bicyclic) bond motifs is 1. The van der Waals surface area contributed by atoms with E-state index < -0.39 is 0 Å². The van der Waals surface area contributed by atoms with Gasteiger partial charge in [0.05, 0.1) is 4.47 Å². The molecule has 0 saturated carbocycles. The van der Waals surface area contributed by atoms with E-state index in [1.807, 2.05) is 6.07 Å². The molecule has 0 atom stereocenters. The fraction of sp³-hybridized carbons (Fsp3) is 0. The zero-order chi connectivity index (χ0) is 8.55. The van der Waals surface area contributed by atoms with Crippen molar-refractivity contribution in [3.05, 3.63) is 40.9 Å². The van der Waals surface area contributed by atoms with Gasteiger partial charge in [0.1, 0.15) is 5.82 Å². The highest BCUT2D eigenvalue weighted by Crippen LogP contribution is 2.25. The third kappa shape index (κ3) is 1.10. The quantitative estimate of drug-likeness (QED) is 0.672. The summed E-state index contributed by atoms with van der Waals surface area (Å²) in [5, 5.41) is 1.79. The molecule has 2 rings (SSSR count). The Labute approximate surface area is 77.4 Å². The molecule has 1 nitrogen and oxygen atoms in total. The smallest absolute Gasteiger partial charge is 0.138 e. The average Bonchev–Trinajstić information content (AvgIpc) is 2.12. The number of nitrogens with zero attached hydrogens (tertiary/aromatic N) is 1. The zero-order valence-electron chi connectivity index (χ0n) is 6.09. The van der Waals surface area contributed by atoms with Gasteiger partial charge in [0.25, 0.3) is 0 Å². The Kier molecular flexibility index (Phi) is 1.81. The van der Waals surface area contributed by atoms with Gasteiger partial charge in [-0.05, 0) is 33.4 Å². The third-order valence-corrected chi connectivity index (χ3v) is 2.52. The van der Waals surface area contributed by atoms with Crippen LogP contribution < -0.4 is 0 Å². The first kappa shape index (κ1) is 7.68. The van der Waals surface area contributed by atoms with E-state index in [1.165, 1.54) is 6.07 Å². The monoisotopic (exact) mass is 225 g/mol. The summed E-state index contributed by atoms with van der Waals surface area (Å²) in [6.07, 6.45) is 3.33. The van der Waals surface area contributed by atoms with Crippen LogP contribution >= 0.6 is 15.9 Å². The van der Waals surface area contributed by atoms with Crippen LogP contribution in [0, 0.1) is 5.82 Å². The fourth-order valence-corrected chi connectivity index (χ4v) is 1.56. The first-order valence-corrected chi connectivity index (χ1v) is 4.26. The van der Waals surface area contributed by atoms with Gasteiger partial charge in [-0.3, -0.25) is 4.98 Å². The van der Waals surface area contributed by atoms with Crippen molar-refractivity contribution in [1.82, 2.24) is 4.98 Å². The van der Waals surface area contributed by atoms with Crippen LogP contribution in [-0.2, 0) is 0 Å². The molecule has 0 amide bonds. The molecule has 0 fully saturated rings. The molecule has 0 bridgehead atoms. The van der Waals surface area contributed by atoms with Crippen LogP contribution in [0.1, 0.15) is 0 Å². The Balaban J connectivity index is 2.91. The minimum absolute atomic E-state index is 0.254. The lowest BCUT2D eigenvalue weighted by molar-refractivity contribution is 0.623. The van der Waals surface area contributed by atoms with Gasteiger partial charge in [-0.2, -0.15) is 0 Å². The SMILES string of the molecule is Fc1ccc2ccncc2c1Br. The second-order valence-electron chi connectivity index (χ2n) is 2.46. The van der Waals surface area contributed by atoms with E-state index >= 15 is 0 Å². The van der Waals surface area contributed by atoms with E-state index in [9.17, 15) is 4.39 Å². The first-order chi connectivity index (χ1) is 5.79. The van der Waals surface area contributed by atoms with Crippen molar-refractivity contribution >= 4 is 26.7 Å². The van der Waals surface area contributed by atoms with Crippen LogP contribution in [-0.4, -0.2) is 4.98 Å². The maximum atomic E-state index is 13.0. The van der Waals surface area contributed by atoms with E-state index in [2.05, 4.69) is 20.9 Å². The highest BCUT2D eigenvalue weighted by atomic mass is 79.9. The van der Waals surface area contributed by atoms with Gasteiger partial charge < -0.3 is 0 Å². The molecule has 12 heavy (non-hydrogen) atoms. The molecule has 0 aliphatic carbocycles. The number of pyridine rings is 1. The van der Waals surface area contributed by atoms with Crippen LogP contribution in [0.2, 0.25) is 0 Å². The second-order valence-corrected chi connectivity index (χ2v) is 3.25. The second kappa shape index (κ2) is 2.83. The van der Waals surface area contributed by atoms with Gasteiger partial charge in [-0.15, -0.1) is 0 Å². The van der Waals surface area contributed by atoms with Gasteiger partial charge in [0.15, 0.2) is 0 Å². The molecule has 0 radical (unpaired) electrons. The lowest BCUT2D eigenvalue weighted by Crippen LogP contribution is -1.81. The van der Waals surface area contributed by atoms with E-state index in [-0.39, 0.29) is 5.82 Å². The topological polar surface area (TPSA) is 12.9 Å². The lowest BCUT2D eigenvalue weighted by atomic mass is 10.2.